The molecule has 8 heteroatoms. The summed E-state index contributed by atoms with van der Waals surface area (Å²) in [4.78, 5) is 13.4. The average Bonchev–Trinajstić information content (AvgIpc) is 3.15. The zero-order valence-corrected chi connectivity index (χ0v) is 19.2. The molecule has 0 aliphatic heterocycles. The molecule has 0 amide bonds. The van der Waals surface area contributed by atoms with Crippen LogP contribution in [0.1, 0.15) is 44.8 Å². The van der Waals surface area contributed by atoms with Gasteiger partial charge in [-0.05, 0) is 42.0 Å². The van der Waals surface area contributed by atoms with E-state index in [2.05, 4.69) is 24.0 Å². The lowest BCUT2D eigenvalue weighted by Crippen LogP contribution is -2.34. The second-order valence-electron chi connectivity index (χ2n) is 8.79. The first-order valence-electron chi connectivity index (χ1n) is 11.0. The van der Waals surface area contributed by atoms with Gasteiger partial charge in [-0.25, -0.2) is 4.52 Å². The van der Waals surface area contributed by atoms with Gasteiger partial charge in [0.25, 0.3) is 5.56 Å². The van der Waals surface area contributed by atoms with Crippen molar-refractivity contribution in [2.75, 3.05) is 7.11 Å². The molecular formula is C24H26ClN5O2. The molecule has 1 fully saturated rings. The molecule has 32 heavy (non-hydrogen) atoms. The lowest BCUT2D eigenvalue weighted by molar-refractivity contribution is 0.181. The highest BCUT2D eigenvalue weighted by Gasteiger charge is 2.29. The Kier molecular flexibility index (Phi) is 5.47. The molecule has 0 radical (unpaired) electrons. The first-order valence-corrected chi connectivity index (χ1v) is 11.4. The van der Waals surface area contributed by atoms with Crippen molar-refractivity contribution >= 4 is 28.3 Å². The van der Waals surface area contributed by atoms with Gasteiger partial charge in [0, 0.05) is 24.4 Å². The van der Waals surface area contributed by atoms with E-state index in [1.165, 1.54) is 6.42 Å². The monoisotopic (exact) mass is 451 g/mol. The van der Waals surface area contributed by atoms with Crippen molar-refractivity contribution in [3.8, 4) is 11.1 Å². The van der Waals surface area contributed by atoms with Gasteiger partial charge >= 0.3 is 0 Å². The van der Waals surface area contributed by atoms with Gasteiger partial charge in [0.2, 0.25) is 0 Å². The molecule has 3 heterocycles. The van der Waals surface area contributed by atoms with E-state index in [1.54, 1.807) is 11.6 Å². The highest BCUT2D eigenvalue weighted by Crippen LogP contribution is 2.37. The van der Waals surface area contributed by atoms with Crippen molar-refractivity contribution < 1.29 is 4.74 Å². The molecule has 3 atom stereocenters. The molecule has 0 saturated heterocycles. The van der Waals surface area contributed by atoms with Gasteiger partial charge < -0.3 is 9.30 Å². The molecule has 1 aliphatic carbocycles. The van der Waals surface area contributed by atoms with Crippen LogP contribution in [0.5, 0.6) is 0 Å². The standard InChI is InChI=1S/C24H26ClN5O2/c1-14-5-4-6-19(15(14)2)29-12-11-20-22(24(29)31)26-27-23-21(16-7-9-17(25)10-8-16)18(13-32-3)28-30(20)23/h7-12,14-15,19H,4-6,13H2,1-3H3/t14-,15-,19-/m1/s1. The SMILES string of the molecule is COCc1nn2c(nnc3c(=O)n([C@@H]4CCC[C@@H](C)[C@H]4C)ccc32)c1-c1ccc(Cl)cc1. The summed E-state index contributed by atoms with van der Waals surface area (Å²) >= 11 is 6.08. The van der Waals surface area contributed by atoms with Crippen LogP contribution in [0, 0.1) is 11.8 Å². The molecule has 0 unspecified atom stereocenters. The molecular weight excluding hydrogens is 426 g/mol. The number of pyridine rings is 1. The minimum absolute atomic E-state index is 0.111. The van der Waals surface area contributed by atoms with Crippen molar-refractivity contribution in [2.45, 2.75) is 45.8 Å². The van der Waals surface area contributed by atoms with Gasteiger partial charge in [0.15, 0.2) is 11.2 Å². The van der Waals surface area contributed by atoms with Gasteiger partial charge in [0.1, 0.15) is 5.52 Å². The van der Waals surface area contributed by atoms with E-state index < -0.39 is 0 Å². The number of benzene rings is 1. The Hall–Kier alpha value is -2.77. The summed E-state index contributed by atoms with van der Waals surface area (Å²) in [5.41, 5.74) is 3.93. The van der Waals surface area contributed by atoms with Crippen molar-refractivity contribution in [1.82, 2.24) is 24.4 Å². The Morgan fingerprint density at radius 3 is 2.66 bits per heavy atom. The molecule has 0 N–H and O–H groups in total. The maximum Gasteiger partial charge on any atom is 0.280 e. The zero-order chi connectivity index (χ0) is 22.4. The van der Waals surface area contributed by atoms with Crippen LogP contribution in [0.4, 0.5) is 0 Å². The van der Waals surface area contributed by atoms with Gasteiger partial charge in [-0.1, -0.05) is 50.4 Å². The molecule has 5 rings (SSSR count). The maximum atomic E-state index is 13.4. The number of nitrogens with zero attached hydrogens (tertiary/aromatic N) is 5. The third-order valence-electron chi connectivity index (χ3n) is 6.91. The quantitative estimate of drug-likeness (QED) is 0.441. The Balaban J connectivity index is 1.70. The highest BCUT2D eigenvalue weighted by atomic mass is 35.5. The number of rotatable bonds is 4. The van der Waals surface area contributed by atoms with Crippen LogP contribution >= 0.6 is 11.6 Å². The van der Waals surface area contributed by atoms with Crippen LogP contribution in [0.15, 0.2) is 41.3 Å². The first-order chi connectivity index (χ1) is 15.5. The topological polar surface area (TPSA) is 74.3 Å². The smallest absolute Gasteiger partial charge is 0.280 e. The molecule has 4 aromatic rings. The average molecular weight is 452 g/mol. The maximum absolute atomic E-state index is 13.4. The Morgan fingerprint density at radius 1 is 1.12 bits per heavy atom. The molecule has 3 aromatic heterocycles. The van der Waals surface area contributed by atoms with Gasteiger partial charge in [-0.15, -0.1) is 10.2 Å². The number of fused-ring (bicyclic) bond motifs is 3. The molecule has 7 nitrogen and oxygen atoms in total. The van der Waals surface area contributed by atoms with E-state index in [0.29, 0.717) is 40.1 Å². The summed E-state index contributed by atoms with van der Waals surface area (Å²) in [6.07, 6.45) is 5.25. The molecule has 1 aliphatic rings. The van der Waals surface area contributed by atoms with E-state index in [4.69, 9.17) is 21.4 Å². The van der Waals surface area contributed by atoms with Crippen LogP contribution in [0.2, 0.25) is 5.02 Å². The van der Waals surface area contributed by atoms with Gasteiger partial charge in [0.05, 0.1) is 17.9 Å². The molecule has 0 spiro atoms. The third kappa shape index (κ3) is 3.40. The lowest BCUT2D eigenvalue weighted by Gasteiger charge is -2.35. The Morgan fingerprint density at radius 2 is 1.91 bits per heavy atom. The molecule has 1 saturated carbocycles. The predicted octanol–water partition coefficient (Wildman–Crippen LogP) is 4.90. The van der Waals surface area contributed by atoms with Crippen molar-refractivity contribution in [2.24, 2.45) is 11.8 Å². The van der Waals surface area contributed by atoms with E-state index in [1.807, 2.05) is 41.1 Å². The zero-order valence-electron chi connectivity index (χ0n) is 18.5. The number of halogens is 1. The fourth-order valence-corrected chi connectivity index (χ4v) is 5.09. The third-order valence-corrected chi connectivity index (χ3v) is 7.17. The Labute approximate surface area is 191 Å². The fraction of sp³-hybridized carbons (Fsp3) is 0.417. The minimum Gasteiger partial charge on any atom is -0.378 e. The van der Waals surface area contributed by atoms with E-state index in [9.17, 15) is 4.79 Å². The van der Waals surface area contributed by atoms with E-state index >= 15 is 0 Å². The summed E-state index contributed by atoms with van der Waals surface area (Å²) in [6.45, 7) is 4.83. The van der Waals surface area contributed by atoms with Crippen LogP contribution < -0.4 is 5.56 Å². The van der Waals surface area contributed by atoms with Crippen molar-refractivity contribution in [3.63, 3.8) is 0 Å². The summed E-state index contributed by atoms with van der Waals surface area (Å²) < 4.78 is 8.94. The number of methoxy groups -OCH3 is 1. The van der Waals surface area contributed by atoms with E-state index in [0.717, 1.165) is 29.7 Å². The summed E-state index contributed by atoms with van der Waals surface area (Å²) in [6, 6.07) is 9.62. The van der Waals surface area contributed by atoms with Crippen LogP contribution in [0.25, 0.3) is 27.8 Å². The number of ether oxygens (including phenoxy) is 1. The van der Waals surface area contributed by atoms with Gasteiger partial charge in [-0.2, -0.15) is 5.10 Å². The first kappa shape index (κ1) is 21.1. The van der Waals surface area contributed by atoms with Crippen LogP contribution in [-0.2, 0) is 11.3 Å². The normalized spacial score (nSPS) is 21.4. The fourth-order valence-electron chi connectivity index (χ4n) is 4.96. The highest BCUT2D eigenvalue weighted by molar-refractivity contribution is 6.30. The van der Waals surface area contributed by atoms with Gasteiger partial charge in [-0.3, -0.25) is 4.79 Å². The molecule has 166 valence electrons. The summed E-state index contributed by atoms with van der Waals surface area (Å²) in [7, 11) is 1.63. The van der Waals surface area contributed by atoms with Crippen LogP contribution in [0.3, 0.4) is 0 Å². The summed E-state index contributed by atoms with van der Waals surface area (Å²) in [5.74, 6) is 1.03. The second kappa shape index (κ2) is 8.30. The largest absolute Gasteiger partial charge is 0.378 e. The molecule has 1 aromatic carbocycles. The van der Waals surface area contributed by atoms with Crippen molar-refractivity contribution in [1.29, 1.82) is 0 Å². The van der Waals surface area contributed by atoms with E-state index in [-0.39, 0.29) is 11.6 Å². The summed E-state index contributed by atoms with van der Waals surface area (Å²) in [5, 5.41) is 14.2. The molecule has 0 bridgehead atoms. The second-order valence-corrected chi connectivity index (χ2v) is 9.23. The number of hydrogen-bond donors (Lipinski definition) is 0. The van der Waals surface area contributed by atoms with Crippen LogP contribution in [-0.4, -0.2) is 31.5 Å². The Bertz CT molecular complexity index is 1340. The van der Waals surface area contributed by atoms with Crippen molar-refractivity contribution in [3.05, 3.63) is 57.6 Å². The minimum atomic E-state index is -0.111. The number of hydrogen-bond acceptors (Lipinski definition) is 5. The lowest BCUT2D eigenvalue weighted by atomic mass is 9.78. The predicted molar refractivity (Wildman–Crippen MR) is 125 cm³/mol. The number of aromatic nitrogens is 5.